The van der Waals surface area contributed by atoms with Crippen LogP contribution in [-0.2, 0) is 0 Å². The Morgan fingerprint density at radius 3 is 2.65 bits per heavy atom. The Bertz CT molecular complexity index is 575. The highest BCUT2D eigenvalue weighted by molar-refractivity contribution is 5.37. The molecule has 2 N–H and O–H groups in total. The first kappa shape index (κ1) is 12.8. The van der Waals surface area contributed by atoms with Crippen LogP contribution < -0.4 is 10.6 Å². The van der Waals surface area contributed by atoms with Crippen LogP contribution in [0.5, 0.6) is 0 Å². The molecule has 0 unspecified atom stereocenters. The van der Waals surface area contributed by atoms with E-state index in [0.717, 1.165) is 6.54 Å². The molecule has 0 aliphatic heterocycles. The van der Waals surface area contributed by atoms with E-state index in [0.29, 0.717) is 23.3 Å². The molecule has 2 aromatic heterocycles. The van der Waals surface area contributed by atoms with Crippen LogP contribution in [0.3, 0.4) is 0 Å². The van der Waals surface area contributed by atoms with Crippen molar-refractivity contribution in [2.75, 3.05) is 24.2 Å². The summed E-state index contributed by atoms with van der Waals surface area (Å²) in [7, 11) is 1.78. The summed E-state index contributed by atoms with van der Waals surface area (Å²) in [6.45, 7) is 3.15. The van der Waals surface area contributed by atoms with Gasteiger partial charge in [0.1, 0.15) is 12.7 Å². The van der Waals surface area contributed by atoms with Crippen LogP contribution >= 0.6 is 0 Å². The second-order valence-electron chi connectivity index (χ2n) is 5.39. The van der Waals surface area contributed by atoms with Gasteiger partial charge in [-0.25, -0.2) is 4.98 Å². The summed E-state index contributed by atoms with van der Waals surface area (Å²) in [5.41, 5.74) is 0.361. The van der Waals surface area contributed by atoms with E-state index in [1.54, 1.807) is 13.4 Å². The fraction of sp³-hybridized carbons (Fsp3) is 0.583. The molecule has 1 fully saturated rings. The van der Waals surface area contributed by atoms with E-state index < -0.39 is 0 Å². The van der Waals surface area contributed by atoms with Crippen LogP contribution in [0.4, 0.5) is 11.9 Å². The Balaban J connectivity index is 1.81. The second kappa shape index (κ2) is 5.03. The number of aromatic nitrogens is 6. The lowest BCUT2D eigenvalue weighted by atomic mass is 9.70. The van der Waals surface area contributed by atoms with E-state index in [9.17, 15) is 0 Å². The maximum Gasteiger partial charge on any atom is 0.258 e. The molecule has 106 valence electrons. The Labute approximate surface area is 117 Å². The lowest BCUT2D eigenvalue weighted by molar-refractivity contribution is 0.179. The monoisotopic (exact) mass is 274 g/mol. The summed E-state index contributed by atoms with van der Waals surface area (Å²) >= 11 is 0. The van der Waals surface area contributed by atoms with Gasteiger partial charge in [0.25, 0.3) is 5.95 Å². The SMILES string of the molecule is CNc1nc(NCC2(C)CCC2)nc(-n2cncn2)n1. The summed E-state index contributed by atoms with van der Waals surface area (Å²) in [4.78, 5) is 16.9. The van der Waals surface area contributed by atoms with Gasteiger partial charge < -0.3 is 10.6 Å². The van der Waals surface area contributed by atoms with Crippen molar-refractivity contribution in [2.45, 2.75) is 26.2 Å². The third-order valence-corrected chi connectivity index (χ3v) is 3.70. The van der Waals surface area contributed by atoms with Gasteiger partial charge in [0.15, 0.2) is 0 Å². The van der Waals surface area contributed by atoms with Crippen molar-refractivity contribution in [1.29, 1.82) is 0 Å². The molecule has 0 amide bonds. The minimum Gasteiger partial charge on any atom is -0.357 e. The molecule has 2 heterocycles. The minimum absolute atomic E-state index is 0.361. The Hall–Kier alpha value is -2.25. The predicted molar refractivity (Wildman–Crippen MR) is 74.7 cm³/mol. The summed E-state index contributed by atoms with van der Waals surface area (Å²) in [5, 5.41) is 10.3. The van der Waals surface area contributed by atoms with Gasteiger partial charge in [-0.15, -0.1) is 0 Å². The standard InChI is InChI=1S/C12H18N8/c1-12(4-3-5-12)6-15-10-17-9(13-2)18-11(19-10)20-8-14-7-16-20/h7-8H,3-6H2,1-2H3,(H2,13,15,17,18,19). The van der Waals surface area contributed by atoms with Gasteiger partial charge in [-0.1, -0.05) is 13.3 Å². The third-order valence-electron chi connectivity index (χ3n) is 3.70. The van der Waals surface area contributed by atoms with Crippen LogP contribution in [0.1, 0.15) is 26.2 Å². The van der Waals surface area contributed by atoms with Crippen molar-refractivity contribution < 1.29 is 0 Å². The maximum absolute atomic E-state index is 4.37. The van der Waals surface area contributed by atoms with E-state index in [1.807, 2.05) is 0 Å². The van der Waals surface area contributed by atoms with Crippen LogP contribution in [0, 0.1) is 5.41 Å². The minimum atomic E-state index is 0.361. The molecule has 1 aliphatic carbocycles. The van der Waals surface area contributed by atoms with Gasteiger partial charge in [0, 0.05) is 13.6 Å². The number of hydrogen-bond donors (Lipinski definition) is 2. The normalized spacial score (nSPS) is 16.5. The quantitative estimate of drug-likeness (QED) is 0.843. The smallest absolute Gasteiger partial charge is 0.258 e. The van der Waals surface area contributed by atoms with Gasteiger partial charge in [-0.2, -0.15) is 24.7 Å². The molecule has 20 heavy (non-hydrogen) atoms. The van der Waals surface area contributed by atoms with Gasteiger partial charge in [-0.05, 0) is 18.3 Å². The number of nitrogens with zero attached hydrogens (tertiary/aromatic N) is 6. The topological polar surface area (TPSA) is 93.4 Å². The van der Waals surface area contributed by atoms with Gasteiger partial charge in [-0.3, -0.25) is 0 Å². The van der Waals surface area contributed by atoms with Gasteiger partial charge in [0.2, 0.25) is 11.9 Å². The average molecular weight is 274 g/mol. The van der Waals surface area contributed by atoms with E-state index in [-0.39, 0.29) is 0 Å². The molecule has 0 radical (unpaired) electrons. The first-order valence-corrected chi connectivity index (χ1v) is 6.71. The second-order valence-corrected chi connectivity index (χ2v) is 5.39. The van der Waals surface area contributed by atoms with E-state index in [4.69, 9.17) is 0 Å². The van der Waals surface area contributed by atoms with Crippen molar-refractivity contribution >= 4 is 11.9 Å². The number of hydrogen-bond acceptors (Lipinski definition) is 7. The highest BCUT2D eigenvalue weighted by Gasteiger charge is 2.31. The summed E-state index contributed by atoms with van der Waals surface area (Å²) < 4.78 is 1.51. The van der Waals surface area contributed by atoms with Crippen LogP contribution in [-0.4, -0.2) is 43.3 Å². The molecule has 3 rings (SSSR count). The van der Waals surface area contributed by atoms with E-state index in [1.165, 1.54) is 30.3 Å². The zero-order valence-corrected chi connectivity index (χ0v) is 11.7. The molecule has 0 aromatic carbocycles. The van der Waals surface area contributed by atoms with Crippen molar-refractivity contribution in [3.63, 3.8) is 0 Å². The maximum atomic E-state index is 4.37. The number of rotatable bonds is 5. The molecule has 0 bridgehead atoms. The molecule has 0 atom stereocenters. The molecule has 1 saturated carbocycles. The van der Waals surface area contributed by atoms with Crippen molar-refractivity contribution in [1.82, 2.24) is 29.7 Å². The van der Waals surface area contributed by atoms with Crippen molar-refractivity contribution in [3.8, 4) is 5.95 Å². The molecular formula is C12H18N8. The fourth-order valence-electron chi connectivity index (χ4n) is 2.22. The first-order chi connectivity index (χ1) is 9.68. The summed E-state index contributed by atoms with van der Waals surface area (Å²) in [6, 6.07) is 0. The molecule has 1 aliphatic rings. The highest BCUT2D eigenvalue weighted by atomic mass is 15.4. The van der Waals surface area contributed by atoms with Crippen molar-refractivity contribution in [3.05, 3.63) is 12.7 Å². The zero-order chi connectivity index (χ0) is 14.0. The van der Waals surface area contributed by atoms with Crippen LogP contribution in [0.2, 0.25) is 0 Å². The Morgan fingerprint density at radius 1 is 1.25 bits per heavy atom. The van der Waals surface area contributed by atoms with E-state index in [2.05, 4.69) is 42.6 Å². The van der Waals surface area contributed by atoms with Gasteiger partial charge in [0.05, 0.1) is 0 Å². The molecule has 0 saturated heterocycles. The van der Waals surface area contributed by atoms with Crippen LogP contribution in [0.25, 0.3) is 5.95 Å². The summed E-state index contributed by atoms with van der Waals surface area (Å²) in [5.74, 6) is 1.51. The highest BCUT2D eigenvalue weighted by Crippen LogP contribution is 2.39. The van der Waals surface area contributed by atoms with Gasteiger partial charge >= 0.3 is 0 Å². The van der Waals surface area contributed by atoms with E-state index >= 15 is 0 Å². The zero-order valence-electron chi connectivity index (χ0n) is 11.7. The summed E-state index contributed by atoms with van der Waals surface area (Å²) in [6.07, 6.45) is 6.82. The Kier molecular flexibility index (Phi) is 3.21. The lowest BCUT2D eigenvalue weighted by Gasteiger charge is -2.38. The number of nitrogens with one attached hydrogen (secondary N) is 2. The third kappa shape index (κ3) is 2.54. The molecular weight excluding hydrogens is 256 g/mol. The Morgan fingerprint density at radius 2 is 2.05 bits per heavy atom. The molecule has 0 spiro atoms. The average Bonchev–Trinajstić information content (AvgIpc) is 2.97. The largest absolute Gasteiger partial charge is 0.357 e. The molecule has 8 nitrogen and oxygen atoms in total. The molecule has 8 heteroatoms. The predicted octanol–water partition coefficient (Wildman–Crippen LogP) is 1.10. The van der Waals surface area contributed by atoms with Crippen LogP contribution in [0.15, 0.2) is 12.7 Å². The first-order valence-electron chi connectivity index (χ1n) is 6.71. The fourth-order valence-corrected chi connectivity index (χ4v) is 2.22. The molecule has 2 aromatic rings. The lowest BCUT2D eigenvalue weighted by Crippen LogP contribution is -2.33. The number of anilines is 2. The van der Waals surface area contributed by atoms with Crippen molar-refractivity contribution in [2.24, 2.45) is 5.41 Å².